The lowest BCUT2D eigenvalue weighted by Gasteiger charge is -2.20. The first-order valence-electron chi connectivity index (χ1n) is 5.08. The van der Waals surface area contributed by atoms with Gasteiger partial charge in [-0.3, -0.25) is 9.89 Å². The molecule has 4 nitrogen and oxygen atoms in total. The average molecular weight is 193 g/mol. The zero-order valence-electron chi connectivity index (χ0n) is 8.34. The molecule has 1 aliphatic carbocycles. The molecule has 0 saturated carbocycles. The van der Waals surface area contributed by atoms with Gasteiger partial charge in [-0.1, -0.05) is 13.3 Å². The standard InChI is InChI=1S/C10H15N3O/c1-2-6-3-4-8-7(5-6)9(10(11)14)13-12-8/h6H,2-5H2,1H3,(H2,11,14)(H,12,13). The molecular weight excluding hydrogens is 178 g/mol. The van der Waals surface area contributed by atoms with Crippen LogP contribution in [0.3, 0.4) is 0 Å². The van der Waals surface area contributed by atoms with Crippen LogP contribution in [0, 0.1) is 5.92 Å². The monoisotopic (exact) mass is 193 g/mol. The summed E-state index contributed by atoms with van der Waals surface area (Å²) >= 11 is 0. The lowest BCUT2D eigenvalue weighted by Crippen LogP contribution is -2.18. The minimum Gasteiger partial charge on any atom is -0.364 e. The Morgan fingerprint density at radius 3 is 3.14 bits per heavy atom. The van der Waals surface area contributed by atoms with Crippen molar-refractivity contribution in [1.29, 1.82) is 0 Å². The zero-order chi connectivity index (χ0) is 10.1. The van der Waals surface area contributed by atoms with Crippen molar-refractivity contribution in [3.63, 3.8) is 0 Å². The normalized spacial score (nSPS) is 20.5. The number of carbonyl (C=O) groups is 1. The minimum absolute atomic E-state index is 0.417. The van der Waals surface area contributed by atoms with Crippen LogP contribution in [0.1, 0.15) is 41.5 Å². The van der Waals surface area contributed by atoms with E-state index in [0.717, 1.165) is 30.5 Å². The maximum absolute atomic E-state index is 11.1. The number of fused-ring (bicyclic) bond motifs is 1. The van der Waals surface area contributed by atoms with E-state index in [4.69, 9.17) is 5.73 Å². The van der Waals surface area contributed by atoms with Gasteiger partial charge in [0, 0.05) is 11.3 Å². The van der Waals surface area contributed by atoms with Gasteiger partial charge < -0.3 is 5.73 Å². The van der Waals surface area contributed by atoms with E-state index in [9.17, 15) is 4.79 Å². The molecule has 1 atom stereocenters. The fourth-order valence-corrected chi connectivity index (χ4v) is 2.12. The lowest BCUT2D eigenvalue weighted by molar-refractivity contribution is 0.0994. The number of amides is 1. The second-order valence-electron chi connectivity index (χ2n) is 3.91. The van der Waals surface area contributed by atoms with Gasteiger partial charge in [-0.15, -0.1) is 0 Å². The van der Waals surface area contributed by atoms with Crippen molar-refractivity contribution in [3.05, 3.63) is 17.0 Å². The van der Waals surface area contributed by atoms with Gasteiger partial charge in [0.05, 0.1) is 0 Å². The lowest BCUT2D eigenvalue weighted by atomic mass is 9.85. The predicted molar refractivity (Wildman–Crippen MR) is 52.9 cm³/mol. The van der Waals surface area contributed by atoms with Crippen molar-refractivity contribution in [1.82, 2.24) is 10.2 Å². The molecule has 0 saturated heterocycles. The highest BCUT2D eigenvalue weighted by atomic mass is 16.1. The van der Waals surface area contributed by atoms with Crippen molar-refractivity contribution in [3.8, 4) is 0 Å². The van der Waals surface area contributed by atoms with Crippen LogP contribution in [0.5, 0.6) is 0 Å². The number of nitrogens with zero attached hydrogens (tertiary/aromatic N) is 1. The van der Waals surface area contributed by atoms with E-state index in [-0.39, 0.29) is 0 Å². The first-order valence-corrected chi connectivity index (χ1v) is 5.08. The van der Waals surface area contributed by atoms with Crippen LogP contribution in [0.2, 0.25) is 0 Å². The molecular formula is C10H15N3O. The van der Waals surface area contributed by atoms with Gasteiger partial charge in [-0.2, -0.15) is 5.10 Å². The molecule has 0 spiro atoms. The van der Waals surface area contributed by atoms with Crippen molar-refractivity contribution in [2.24, 2.45) is 11.7 Å². The molecule has 3 N–H and O–H groups in total. The molecule has 0 fully saturated rings. The second-order valence-corrected chi connectivity index (χ2v) is 3.91. The summed E-state index contributed by atoms with van der Waals surface area (Å²) in [5.74, 6) is 0.262. The molecule has 1 amide bonds. The predicted octanol–water partition coefficient (Wildman–Crippen LogP) is 1.02. The Kier molecular flexibility index (Phi) is 2.27. The molecule has 4 heteroatoms. The van der Waals surface area contributed by atoms with Crippen molar-refractivity contribution < 1.29 is 4.79 Å². The third kappa shape index (κ3) is 1.41. The summed E-state index contributed by atoms with van der Waals surface area (Å²) in [5.41, 5.74) is 7.84. The number of hydrogen-bond donors (Lipinski definition) is 2. The number of aromatic nitrogens is 2. The molecule has 1 aliphatic rings. The van der Waals surface area contributed by atoms with E-state index in [1.807, 2.05) is 0 Å². The fraction of sp³-hybridized carbons (Fsp3) is 0.600. The topological polar surface area (TPSA) is 71.8 Å². The molecule has 1 heterocycles. The number of rotatable bonds is 2. The number of nitrogens with one attached hydrogen (secondary N) is 1. The number of aromatic amines is 1. The van der Waals surface area contributed by atoms with E-state index in [0.29, 0.717) is 11.6 Å². The average Bonchev–Trinajstić information content (AvgIpc) is 2.59. The number of H-pyrrole nitrogens is 1. The highest BCUT2D eigenvalue weighted by Gasteiger charge is 2.24. The third-order valence-electron chi connectivity index (χ3n) is 3.06. The van der Waals surface area contributed by atoms with Crippen molar-refractivity contribution >= 4 is 5.91 Å². The van der Waals surface area contributed by atoms with Gasteiger partial charge in [-0.05, 0) is 25.2 Å². The molecule has 0 aromatic carbocycles. The number of carbonyl (C=O) groups excluding carboxylic acids is 1. The summed E-state index contributed by atoms with van der Waals surface area (Å²) in [6, 6.07) is 0. The zero-order valence-corrected chi connectivity index (χ0v) is 8.34. The SMILES string of the molecule is CCC1CCc2[nH]nc(C(N)=O)c2C1. The number of aryl methyl sites for hydroxylation is 1. The van der Waals surface area contributed by atoms with Crippen LogP contribution in [-0.2, 0) is 12.8 Å². The largest absolute Gasteiger partial charge is 0.364 e. The number of primary amides is 1. The molecule has 1 unspecified atom stereocenters. The van der Waals surface area contributed by atoms with Crippen molar-refractivity contribution in [2.45, 2.75) is 32.6 Å². The van der Waals surface area contributed by atoms with Crippen LogP contribution in [0.25, 0.3) is 0 Å². The van der Waals surface area contributed by atoms with Gasteiger partial charge in [-0.25, -0.2) is 0 Å². The molecule has 2 rings (SSSR count). The quantitative estimate of drug-likeness (QED) is 0.736. The molecule has 1 aromatic heterocycles. The van der Waals surface area contributed by atoms with Crippen LogP contribution >= 0.6 is 0 Å². The Morgan fingerprint density at radius 2 is 2.50 bits per heavy atom. The fourth-order valence-electron chi connectivity index (χ4n) is 2.12. The smallest absolute Gasteiger partial charge is 0.269 e. The summed E-state index contributed by atoms with van der Waals surface area (Å²) in [6.45, 7) is 2.18. The maximum Gasteiger partial charge on any atom is 0.269 e. The minimum atomic E-state index is -0.417. The third-order valence-corrected chi connectivity index (χ3v) is 3.06. The van der Waals surface area contributed by atoms with Gasteiger partial charge in [0.25, 0.3) is 5.91 Å². The Hall–Kier alpha value is -1.32. The van der Waals surface area contributed by atoms with Gasteiger partial charge in [0.1, 0.15) is 0 Å². The van der Waals surface area contributed by atoms with E-state index < -0.39 is 5.91 Å². The Bertz CT molecular complexity index is 356. The number of nitrogens with two attached hydrogens (primary N) is 1. The highest BCUT2D eigenvalue weighted by molar-refractivity contribution is 5.92. The van der Waals surface area contributed by atoms with Gasteiger partial charge in [0.15, 0.2) is 5.69 Å². The molecule has 0 bridgehead atoms. The summed E-state index contributed by atoms with van der Waals surface area (Å²) < 4.78 is 0. The molecule has 0 aliphatic heterocycles. The summed E-state index contributed by atoms with van der Waals surface area (Å²) in [7, 11) is 0. The summed E-state index contributed by atoms with van der Waals surface area (Å²) in [5, 5.41) is 6.87. The summed E-state index contributed by atoms with van der Waals surface area (Å²) in [6.07, 6.45) is 4.28. The van der Waals surface area contributed by atoms with Crippen LogP contribution in [0.4, 0.5) is 0 Å². The van der Waals surface area contributed by atoms with E-state index in [2.05, 4.69) is 17.1 Å². The Labute approximate surface area is 82.9 Å². The summed E-state index contributed by atoms with van der Waals surface area (Å²) in [4.78, 5) is 11.1. The number of hydrogen-bond acceptors (Lipinski definition) is 2. The van der Waals surface area contributed by atoms with Crippen LogP contribution in [0.15, 0.2) is 0 Å². The van der Waals surface area contributed by atoms with Crippen LogP contribution < -0.4 is 5.73 Å². The molecule has 14 heavy (non-hydrogen) atoms. The maximum atomic E-state index is 11.1. The highest BCUT2D eigenvalue weighted by Crippen LogP contribution is 2.27. The Morgan fingerprint density at radius 1 is 1.71 bits per heavy atom. The van der Waals surface area contributed by atoms with E-state index in [1.54, 1.807) is 0 Å². The molecule has 1 aromatic rings. The molecule has 0 radical (unpaired) electrons. The van der Waals surface area contributed by atoms with Gasteiger partial charge >= 0.3 is 0 Å². The van der Waals surface area contributed by atoms with E-state index in [1.165, 1.54) is 6.42 Å². The Balaban J connectivity index is 2.32. The van der Waals surface area contributed by atoms with Gasteiger partial charge in [0.2, 0.25) is 0 Å². The molecule has 76 valence electrons. The van der Waals surface area contributed by atoms with Crippen molar-refractivity contribution in [2.75, 3.05) is 0 Å². The van der Waals surface area contributed by atoms with E-state index >= 15 is 0 Å². The second kappa shape index (κ2) is 3.44. The first-order chi connectivity index (χ1) is 6.72. The first kappa shape index (κ1) is 9.24. The van der Waals surface area contributed by atoms with Crippen LogP contribution in [-0.4, -0.2) is 16.1 Å².